The average molecular weight is 398 g/mol. The van der Waals surface area contributed by atoms with Crippen molar-refractivity contribution in [1.82, 2.24) is 0 Å². The van der Waals surface area contributed by atoms with Crippen LogP contribution in [-0.2, 0) is 0 Å². The molecule has 0 unspecified atom stereocenters. The zero-order valence-corrected chi connectivity index (χ0v) is 16.4. The van der Waals surface area contributed by atoms with Gasteiger partial charge in [-0.1, -0.05) is 26.2 Å². The van der Waals surface area contributed by atoms with Crippen LogP contribution in [0.25, 0.3) is 9.40 Å². The molecule has 6 heteroatoms. The second-order valence-electron chi connectivity index (χ2n) is 6.54. The molecule has 0 atom stereocenters. The summed E-state index contributed by atoms with van der Waals surface area (Å²) in [7, 11) is 0. The molecular weight excluding hydrogens is 376 g/mol. The number of unbranched alkanes of at least 4 members (excludes halogenated alkanes) is 3. The van der Waals surface area contributed by atoms with Gasteiger partial charge in [-0.3, -0.25) is 9.59 Å². The maximum atomic E-state index is 11.3. The highest BCUT2D eigenvalue weighted by atomic mass is 32.1. The molecule has 4 rings (SSSR count). The number of allylic oxidation sites excluding steroid dienone is 2. The highest BCUT2D eigenvalue weighted by Gasteiger charge is 2.25. The summed E-state index contributed by atoms with van der Waals surface area (Å²) in [5.41, 5.74) is -0.255. The summed E-state index contributed by atoms with van der Waals surface area (Å²) in [5, 5.41) is 18.7. The summed E-state index contributed by atoms with van der Waals surface area (Å²) in [6.07, 6.45) is 7.23. The van der Waals surface area contributed by atoms with Gasteiger partial charge in [0.15, 0.2) is 11.6 Å². The molecule has 0 aliphatic heterocycles. The lowest BCUT2D eigenvalue weighted by molar-refractivity contribution is 0.0989. The second-order valence-corrected chi connectivity index (χ2v) is 7.65. The van der Waals surface area contributed by atoms with Gasteiger partial charge in [0, 0.05) is 4.70 Å². The van der Waals surface area contributed by atoms with E-state index in [4.69, 9.17) is 4.74 Å². The molecule has 28 heavy (non-hydrogen) atoms. The minimum atomic E-state index is -0.479. The fraction of sp³-hybridized carbons (Fsp3) is 0.273. The van der Waals surface area contributed by atoms with Crippen LogP contribution in [0, 0.1) is 0 Å². The minimum absolute atomic E-state index is 0.127. The van der Waals surface area contributed by atoms with E-state index in [0.29, 0.717) is 0 Å². The Labute approximate surface area is 167 Å². The number of ether oxygens (including phenoxy) is 1. The van der Waals surface area contributed by atoms with Crippen molar-refractivity contribution in [2.45, 2.75) is 32.6 Å². The van der Waals surface area contributed by atoms with Gasteiger partial charge in [0.05, 0.1) is 22.4 Å². The van der Waals surface area contributed by atoms with Gasteiger partial charge in [0.25, 0.3) is 0 Å². The highest BCUT2D eigenvalue weighted by molar-refractivity contribution is 7.24. The van der Waals surface area contributed by atoms with Crippen LogP contribution < -0.4 is 4.74 Å². The molecule has 146 valence electrons. The van der Waals surface area contributed by atoms with Gasteiger partial charge in [-0.2, -0.15) is 0 Å². The molecule has 0 radical (unpaired) electrons. The van der Waals surface area contributed by atoms with Crippen LogP contribution in [0.2, 0.25) is 0 Å². The van der Waals surface area contributed by atoms with Crippen LogP contribution in [-0.4, -0.2) is 28.4 Å². The van der Waals surface area contributed by atoms with Crippen molar-refractivity contribution in [2.75, 3.05) is 6.61 Å². The maximum Gasteiger partial charge on any atom is 0.190 e. The molecule has 0 fully saturated rings. The molecule has 1 aliphatic carbocycles. The van der Waals surface area contributed by atoms with E-state index in [9.17, 15) is 19.8 Å². The first-order chi connectivity index (χ1) is 13.5. The number of thiophene rings is 2. The summed E-state index contributed by atoms with van der Waals surface area (Å²) in [4.78, 5) is 22.6. The number of carbonyl (C=O) groups excluding carboxylic acids is 2. The van der Waals surface area contributed by atoms with Crippen molar-refractivity contribution >= 4 is 32.3 Å². The summed E-state index contributed by atoms with van der Waals surface area (Å²) in [6, 6.07) is 8.78. The Bertz CT molecular complexity index is 959. The van der Waals surface area contributed by atoms with E-state index in [1.165, 1.54) is 47.2 Å². The summed E-state index contributed by atoms with van der Waals surface area (Å²) < 4.78 is 8.32. The number of phenolic OH excluding ortho intramolecular Hbond substituents is 2. The third-order valence-corrected chi connectivity index (χ3v) is 5.49. The van der Waals surface area contributed by atoms with E-state index in [2.05, 4.69) is 25.1 Å². The SMILES string of the molecule is CCCCCCOc1cc2ccc1s2.O=C1C=CC(=O)c2c(O)ccc(O)c21. The van der Waals surface area contributed by atoms with Crippen LogP contribution in [0.4, 0.5) is 0 Å². The third kappa shape index (κ3) is 4.34. The number of hydrogen-bond donors (Lipinski definition) is 2. The quantitative estimate of drug-likeness (QED) is 0.433. The van der Waals surface area contributed by atoms with Gasteiger partial charge in [0.2, 0.25) is 0 Å². The molecule has 1 aromatic carbocycles. The molecule has 0 saturated heterocycles. The minimum Gasteiger partial charge on any atom is -0.507 e. The topological polar surface area (TPSA) is 83.8 Å². The Morgan fingerprint density at radius 1 is 0.893 bits per heavy atom. The van der Waals surface area contributed by atoms with Crippen LogP contribution in [0.5, 0.6) is 17.2 Å². The van der Waals surface area contributed by atoms with E-state index >= 15 is 0 Å². The average Bonchev–Trinajstić information content (AvgIpc) is 3.30. The predicted molar refractivity (Wildman–Crippen MR) is 110 cm³/mol. The Kier molecular flexibility index (Phi) is 6.31. The first-order valence-electron chi connectivity index (χ1n) is 9.27. The third-order valence-electron chi connectivity index (χ3n) is 4.44. The Morgan fingerprint density at radius 2 is 1.54 bits per heavy atom. The fourth-order valence-corrected chi connectivity index (χ4v) is 3.90. The van der Waals surface area contributed by atoms with E-state index in [0.717, 1.165) is 24.5 Å². The lowest BCUT2D eigenvalue weighted by Gasteiger charge is -2.11. The summed E-state index contributed by atoms with van der Waals surface area (Å²) in [5.74, 6) is -0.453. The van der Waals surface area contributed by atoms with Crippen LogP contribution in [0.3, 0.4) is 0 Å². The number of hydrogen-bond acceptors (Lipinski definition) is 6. The van der Waals surface area contributed by atoms with Gasteiger partial charge in [-0.15, -0.1) is 11.3 Å². The van der Waals surface area contributed by atoms with Crippen LogP contribution >= 0.6 is 11.3 Å². The lowest BCUT2D eigenvalue weighted by Crippen LogP contribution is -2.11. The summed E-state index contributed by atoms with van der Waals surface area (Å²) >= 11 is 1.81. The van der Waals surface area contributed by atoms with E-state index < -0.39 is 11.6 Å². The smallest absolute Gasteiger partial charge is 0.190 e. The van der Waals surface area contributed by atoms with Crippen molar-refractivity contribution in [3.05, 3.63) is 53.6 Å². The molecule has 0 saturated carbocycles. The highest BCUT2D eigenvalue weighted by Crippen LogP contribution is 2.34. The van der Waals surface area contributed by atoms with Crippen molar-refractivity contribution in [3.8, 4) is 17.2 Å². The number of phenols is 2. The number of benzene rings is 2. The lowest BCUT2D eigenvalue weighted by atomic mass is 9.93. The molecular formula is C22H22O5S. The number of fused-ring (bicyclic) bond motifs is 3. The Balaban J connectivity index is 0.000000161. The van der Waals surface area contributed by atoms with E-state index in [1.807, 2.05) is 11.3 Å². The van der Waals surface area contributed by atoms with Crippen molar-refractivity contribution < 1.29 is 24.5 Å². The Morgan fingerprint density at radius 3 is 2.04 bits per heavy atom. The van der Waals surface area contributed by atoms with E-state index in [-0.39, 0.29) is 22.6 Å². The van der Waals surface area contributed by atoms with Gasteiger partial charge < -0.3 is 14.9 Å². The molecule has 2 heterocycles. The molecule has 3 aromatic rings. The molecule has 1 aliphatic rings. The Hall–Kier alpha value is -2.86. The molecule has 0 spiro atoms. The molecule has 2 N–H and O–H groups in total. The second kappa shape index (κ2) is 8.89. The molecule has 5 nitrogen and oxygen atoms in total. The number of carbonyl (C=O) groups is 2. The largest absolute Gasteiger partial charge is 0.507 e. The van der Waals surface area contributed by atoms with Gasteiger partial charge in [0.1, 0.15) is 17.2 Å². The van der Waals surface area contributed by atoms with Gasteiger partial charge in [-0.25, -0.2) is 0 Å². The van der Waals surface area contributed by atoms with Crippen molar-refractivity contribution in [2.24, 2.45) is 0 Å². The van der Waals surface area contributed by atoms with Crippen molar-refractivity contribution in [3.63, 3.8) is 0 Å². The van der Waals surface area contributed by atoms with E-state index in [1.54, 1.807) is 0 Å². The normalized spacial score (nSPS) is 12.8. The van der Waals surface area contributed by atoms with Crippen LogP contribution in [0.15, 0.2) is 42.5 Å². The standard InChI is InChI=1S/C12H16OS.C10H6O4/c1-2-3-4-5-8-13-11-9-10-6-7-12(11)14-10;11-5-1-2-6(12)10-8(14)4-3-7(13)9(5)10/h6-7,9H,2-5,8H2,1H3;1-4,11-12H. The zero-order chi connectivity index (χ0) is 20.1. The van der Waals surface area contributed by atoms with Crippen LogP contribution in [0.1, 0.15) is 53.3 Å². The molecule has 0 amide bonds. The first-order valence-corrected chi connectivity index (χ1v) is 10.1. The van der Waals surface area contributed by atoms with Gasteiger partial charge in [-0.05, 0) is 48.9 Å². The number of rotatable bonds is 6. The monoisotopic (exact) mass is 398 g/mol. The first kappa shape index (κ1) is 19.9. The number of aromatic hydroxyl groups is 2. The summed E-state index contributed by atoms with van der Waals surface area (Å²) in [6.45, 7) is 3.10. The maximum absolute atomic E-state index is 11.3. The molecule has 2 bridgehead atoms. The zero-order valence-electron chi connectivity index (χ0n) is 15.6. The predicted octanol–water partition coefficient (Wildman–Crippen LogP) is 5.33. The fourth-order valence-electron chi connectivity index (χ4n) is 2.98. The van der Waals surface area contributed by atoms with Crippen molar-refractivity contribution in [1.29, 1.82) is 0 Å². The van der Waals surface area contributed by atoms with Gasteiger partial charge >= 0.3 is 0 Å². The number of ketones is 2. The molecule has 2 aromatic heterocycles.